The Morgan fingerprint density at radius 3 is 2.33 bits per heavy atom. The molecule has 0 fully saturated rings. The summed E-state index contributed by atoms with van der Waals surface area (Å²) in [5.74, 6) is 0.314. The van der Waals surface area contributed by atoms with Gasteiger partial charge in [-0.1, -0.05) is 36.4 Å². The number of ether oxygens (including phenoxy) is 2. The van der Waals surface area contributed by atoms with E-state index in [2.05, 4.69) is 10.5 Å². The Hall–Kier alpha value is -3.67. The van der Waals surface area contributed by atoms with Gasteiger partial charge in [-0.2, -0.15) is 5.10 Å². The highest BCUT2D eigenvalue weighted by atomic mass is 16.5. The van der Waals surface area contributed by atoms with E-state index in [4.69, 9.17) is 9.47 Å². The van der Waals surface area contributed by atoms with Crippen LogP contribution >= 0.6 is 0 Å². The van der Waals surface area contributed by atoms with Gasteiger partial charge >= 0.3 is 0 Å². The van der Waals surface area contributed by atoms with Crippen LogP contribution < -0.4 is 14.9 Å². The summed E-state index contributed by atoms with van der Waals surface area (Å²) >= 11 is 0. The number of rotatable bonds is 4. The van der Waals surface area contributed by atoms with E-state index in [1.165, 1.54) is 14.2 Å². The van der Waals surface area contributed by atoms with Crippen molar-refractivity contribution < 1.29 is 19.1 Å². The maximum absolute atomic E-state index is 12.7. The predicted molar refractivity (Wildman–Crippen MR) is 102 cm³/mol. The number of amides is 1. The highest BCUT2D eigenvalue weighted by Crippen LogP contribution is 2.31. The quantitative estimate of drug-likeness (QED) is 0.725. The third kappa shape index (κ3) is 2.71. The van der Waals surface area contributed by atoms with Crippen molar-refractivity contribution in [2.24, 2.45) is 5.10 Å². The summed E-state index contributed by atoms with van der Waals surface area (Å²) in [5, 5.41) is 5.95. The zero-order chi connectivity index (χ0) is 19.0. The van der Waals surface area contributed by atoms with Crippen molar-refractivity contribution in [3.05, 3.63) is 71.3 Å². The number of nitrogens with one attached hydrogen (secondary N) is 1. The number of methoxy groups -OCH3 is 2. The maximum atomic E-state index is 12.7. The van der Waals surface area contributed by atoms with Gasteiger partial charge in [-0.3, -0.25) is 9.59 Å². The van der Waals surface area contributed by atoms with Crippen molar-refractivity contribution in [1.82, 2.24) is 5.43 Å². The molecule has 1 aliphatic carbocycles. The molecule has 1 amide bonds. The third-order valence-corrected chi connectivity index (χ3v) is 4.53. The van der Waals surface area contributed by atoms with Crippen LogP contribution in [0.4, 0.5) is 0 Å². The molecule has 3 aromatic rings. The van der Waals surface area contributed by atoms with Crippen LogP contribution in [0.25, 0.3) is 10.8 Å². The summed E-state index contributed by atoms with van der Waals surface area (Å²) in [6, 6.07) is 16.0. The summed E-state index contributed by atoms with van der Waals surface area (Å²) in [6.07, 6.45) is 0. The Labute approximate surface area is 155 Å². The van der Waals surface area contributed by atoms with Crippen LogP contribution in [0, 0.1) is 0 Å². The second-order valence-corrected chi connectivity index (χ2v) is 6.01. The molecular weight excluding hydrogens is 344 g/mol. The summed E-state index contributed by atoms with van der Waals surface area (Å²) in [6.45, 7) is 0. The molecule has 0 heterocycles. The summed E-state index contributed by atoms with van der Waals surface area (Å²) in [7, 11) is 3.02. The van der Waals surface area contributed by atoms with Crippen molar-refractivity contribution in [3.8, 4) is 11.5 Å². The molecule has 134 valence electrons. The van der Waals surface area contributed by atoms with Gasteiger partial charge in [0.15, 0.2) is 11.5 Å². The standard InChI is InChI=1S/C21H16N2O4/c1-26-16-10-9-13(11-17(16)27-2)21(25)23-22-19-14-7-3-5-12-6-4-8-15(18(12)14)20(19)24/h3-11H,1-2H3,(H,23,25)/b22-19+. The van der Waals surface area contributed by atoms with E-state index in [1.54, 1.807) is 24.3 Å². The Morgan fingerprint density at radius 1 is 0.926 bits per heavy atom. The molecule has 1 aliphatic rings. The first-order valence-corrected chi connectivity index (χ1v) is 8.31. The lowest BCUT2D eigenvalue weighted by Crippen LogP contribution is -2.22. The van der Waals surface area contributed by atoms with E-state index in [0.717, 1.165) is 16.3 Å². The minimum atomic E-state index is -0.445. The first kappa shape index (κ1) is 16.8. The van der Waals surface area contributed by atoms with Gasteiger partial charge in [0, 0.05) is 22.1 Å². The topological polar surface area (TPSA) is 77.0 Å². The van der Waals surface area contributed by atoms with Gasteiger partial charge in [-0.25, -0.2) is 5.43 Å². The van der Waals surface area contributed by atoms with Crippen LogP contribution in [-0.4, -0.2) is 31.6 Å². The number of benzene rings is 3. The molecule has 27 heavy (non-hydrogen) atoms. The zero-order valence-electron chi connectivity index (χ0n) is 14.8. The largest absolute Gasteiger partial charge is 0.493 e. The molecule has 0 radical (unpaired) electrons. The Kier molecular flexibility index (Phi) is 4.08. The average molecular weight is 360 g/mol. The SMILES string of the molecule is COc1ccc(C(=O)N/N=C2/C(=O)c3cccc4cccc2c34)cc1OC. The Balaban J connectivity index is 1.65. The fraction of sp³-hybridized carbons (Fsp3) is 0.0952. The lowest BCUT2D eigenvalue weighted by atomic mass is 10.1. The number of hydrogen-bond acceptors (Lipinski definition) is 5. The molecule has 0 aromatic heterocycles. The number of Topliss-reactive ketones (excluding diaryl/α,β-unsaturated/α-hetero) is 1. The zero-order valence-corrected chi connectivity index (χ0v) is 14.8. The number of ketones is 1. The number of carbonyl (C=O) groups is 2. The normalized spacial score (nSPS) is 13.9. The summed E-state index contributed by atoms with van der Waals surface area (Å²) in [5.41, 5.74) is 4.37. The smallest absolute Gasteiger partial charge is 0.271 e. The fourth-order valence-electron chi connectivity index (χ4n) is 3.24. The van der Waals surface area contributed by atoms with E-state index in [-0.39, 0.29) is 11.5 Å². The van der Waals surface area contributed by atoms with Gasteiger partial charge in [-0.15, -0.1) is 0 Å². The predicted octanol–water partition coefficient (Wildman–Crippen LogP) is 3.19. The van der Waals surface area contributed by atoms with Crippen LogP contribution in [-0.2, 0) is 0 Å². The molecule has 0 bridgehead atoms. The number of carbonyl (C=O) groups excluding carboxylic acids is 2. The minimum Gasteiger partial charge on any atom is -0.493 e. The van der Waals surface area contributed by atoms with Gasteiger partial charge < -0.3 is 9.47 Å². The molecule has 0 aliphatic heterocycles. The van der Waals surface area contributed by atoms with Gasteiger partial charge in [0.1, 0.15) is 5.71 Å². The van der Waals surface area contributed by atoms with Crippen LogP contribution in [0.15, 0.2) is 59.7 Å². The number of nitrogens with zero attached hydrogens (tertiary/aromatic N) is 1. The molecular formula is C21H16N2O4. The Bertz CT molecular complexity index is 1110. The van der Waals surface area contributed by atoms with Gasteiger partial charge in [0.05, 0.1) is 14.2 Å². The fourth-order valence-corrected chi connectivity index (χ4v) is 3.24. The van der Waals surface area contributed by atoms with Crippen molar-refractivity contribution in [1.29, 1.82) is 0 Å². The average Bonchev–Trinajstić information content (AvgIpc) is 2.99. The van der Waals surface area contributed by atoms with Gasteiger partial charge in [0.25, 0.3) is 5.91 Å². The number of hydrogen-bond donors (Lipinski definition) is 1. The molecule has 0 unspecified atom stereocenters. The molecule has 6 nitrogen and oxygen atoms in total. The van der Waals surface area contributed by atoms with E-state index < -0.39 is 5.91 Å². The Morgan fingerprint density at radius 2 is 1.63 bits per heavy atom. The monoisotopic (exact) mass is 360 g/mol. The highest BCUT2D eigenvalue weighted by molar-refractivity contribution is 6.59. The summed E-state index contributed by atoms with van der Waals surface area (Å²) in [4.78, 5) is 25.2. The molecule has 0 saturated carbocycles. The van der Waals surface area contributed by atoms with Crippen molar-refractivity contribution in [2.45, 2.75) is 0 Å². The second kappa shape index (κ2) is 6.57. The van der Waals surface area contributed by atoms with E-state index in [0.29, 0.717) is 22.6 Å². The molecule has 1 N–H and O–H groups in total. The molecule has 6 heteroatoms. The number of hydrazone groups is 1. The van der Waals surface area contributed by atoms with Crippen LogP contribution in [0.2, 0.25) is 0 Å². The van der Waals surface area contributed by atoms with Crippen molar-refractivity contribution in [2.75, 3.05) is 14.2 Å². The second-order valence-electron chi connectivity index (χ2n) is 6.01. The van der Waals surface area contributed by atoms with E-state index in [1.807, 2.05) is 30.3 Å². The van der Waals surface area contributed by atoms with Crippen LogP contribution in [0.3, 0.4) is 0 Å². The highest BCUT2D eigenvalue weighted by Gasteiger charge is 2.29. The maximum Gasteiger partial charge on any atom is 0.271 e. The molecule has 0 spiro atoms. The van der Waals surface area contributed by atoms with Crippen molar-refractivity contribution >= 4 is 28.2 Å². The van der Waals surface area contributed by atoms with Crippen molar-refractivity contribution in [3.63, 3.8) is 0 Å². The minimum absolute atomic E-state index is 0.200. The van der Waals surface area contributed by atoms with E-state index >= 15 is 0 Å². The lowest BCUT2D eigenvalue weighted by molar-refractivity contribution is 0.0954. The van der Waals surface area contributed by atoms with Gasteiger partial charge in [-0.05, 0) is 23.6 Å². The third-order valence-electron chi connectivity index (χ3n) is 4.53. The van der Waals surface area contributed by atoms with Crippen LogP contribution in [0.1, 0.15) is 26.3 Å². The first-order chi connectivity index (χ1) is 13.1. The molecule has 4 rings (SSSR count). The molecule has 0 atom stereocenters. The molecule has 0 saturated heterocycles. The first-order valence-electron chi connectivity index (χ1n) is 8.31. The molecule has 3 aromatic carbocycles. The van der Waals surface area contributed by atoms with Gasteiger partial charge in [0.2, 0.25) is 5.78 Å². The lowest BCUT2D eigenvalue weighted by Gasteiger charge is -2.09. The summed E-state index contributed by atoms with van der Waals surface area (Å²) < 4.78 is 10.4. The van der Waals surface area contributed by atoms with E-state index in [9.17, 15) is 9.59 Å². The van der Waals surface area contributed by atoms with Crippen LogP contribution in [0.5, 0.6) is 11.5 Å².